The first kappa shape index (κ1) is 24.2. The number of hydrogen-bond donors (Lipinski definition) is 0. The van der Waals surface area contributed by atoms with Gasteiger partial charge in [-0.3, -0.25) is 4.18 Å². The SMILES string of the molecule is CCCCCCCCCCCCC(CCC)OS(=O)(=O)c1ccc(C)cc1. The number of unbranched alkanes of at least 4 members (excludes halogenated alkanes) is 9. The van der Waals surface area contributed by atoms with Crippen LogP contribution < -0.4 is 0 Å². The van der Waals surface area contributed by atoms with E-state index in [1.165, 1.54) is 57.8 Å². The fraction of sp³-hybridized carbons (Fsp3) is 0.739. The van der Waals surface area contributed by atoms with Crippen LogP contribution in [0.1, 0.15) is 103 Å². The smallest absolute Gasteiger partial charge is 0.263 e. The maximum absolute atomic E-state index is 12.5. The molecular weight excluding hydrogens is 356 g/mol. The molecule has 0 saturated carbocycles. The number of aryl methyl sites for hydroxylation is 1. The molecule has 0 saturated heterocycles. The van der Waals surface area contributed by atoms with Crippen molar-refractivity contribution in [2.24, 2.45) is 0 Å². The average Bonchev–Trinajstić information content (AvgIpc) is 2.63. The van der Waals surface area contributed by atoms with Gasteiger partial charge in [0, 0.05) is 0 Å². The van der Waals surface area contributed by atoms with Crippen LogP contribution in [-0.2, 0) is 14.3 Å². The van der Waals surface area contributed by atoms with E-state index in [1.807, 2.05) is 19.1 Å². The first-order valence-corrected chi connectivity index (χ1v) is 12.4. The highest BCUT2D eigenvalue weighted by Crippen LogP contribution is 2.21. The van der Waals surface area contributed by atoms with Crippen molar-refractivity contribution < 1.29 is 12.6 Å². The van der Waals surface area contributed by atoms with Gasteiger partial charge in [-0.2, -0.15) is 8.42 Å². The van der Waals surface area contributed by atoms with Gasteiger partial charge in [-0.15, -0.1) is 0 Å². The molecule has 3 nitrogen and oxygen atoms in total. The lowest BCUT2D eigenvalue weighted by Gasteiger charge is -2.17. The van der Waals surface area contributed by atoms with Gasteiger partial charge in [-0.1, -0.05) is 102 Å². The lowest BCUT2D eigenvalue weighted by molar-refractivity contribution is 0.183. The fourth-order valence-corrected chi connectivity index (χ4v) is 4.49. The van der Waals surface area contributed by atoms with Crippen molar-refractivity contribution >= 4 is 10.1 Å². The molecule has 0 heterocycles. The van der Waals surface area contributed by atoms with Gasteiger partial charge in [0.25, 0.3) is 10.1 Å². The summed E-state index contributed by atoms with van der Waals surface area (Å²) in [7, 11) is -3.66. The van der Waals surface area contributed by atoms with E-state index in [4.69, 9.17) is 4.18 Å². The standard InChI is InChI=1S/C23H40O3S/c1-4-6-7-8-9-10-11-12-13-14-16-22(15-5-2)26-27(24,25)23-19-17-21(3)18-20-23/h17-20,22H,4-16H2,1-3H3. The van der Waals surface area contributed by atoms with Crippen LogP contribution >= 0.6 is 0 Å². The molecule has 0 N–H and O–H groups in total. The van der Waals surface area contributed by atoms with Gasteiger partial charge in [0.05, 0.1) is 11.0 Å². The number of rotatable bonds is 16. The maximum Gasteiger partial charge on any atom is 0.297 e. The Morgan fingerprint density at radius 2 is 1.26 bits per heavy atom. The minimum absolute atomic E-state index is 0.199. The Labute approximate surface area is 168 Å². The lowest BCUT2D eigenvalue weighted by Crippen LogP contribution is -2.18. The molecule has 0 fully saturated rings. The van der Waals surface area contributed by atoms with Crippen molar-refractivity contribution in [2.45, 2.75) is 115 Å². The van der Waals surface area contributed by atoms with Crippen LogP contribution in [0.15, 0.2) is 29.2 Å². The predicted octanol–water partition coefficient (Wildman–Crippen LogP) is 7.18. The summed E-state index contributed by atoms with van der Waals surface area (Å²) in [6, 6.07) is 6.89. The van der Waals surface area contributed by atoms with Gasteiger partial charge in [0.2, 0.25) is 0 Å². The van der Waals surface area contributed by atoms with E-state index in [1.54, 1.807) is 12.1 Å². The van der Waals surface area contributed by atoms with E-state index in [0.29, 0.717) is 0 Å². The second kappa shape index (κ2) is 14.2. The number of benzene rings is 1. The summed E-state index contributed by atoms with van der Waals surface area (Å²) in [6.07, 6.45) is 15.2. The molecule has 27 heavy (non-hydrogen) atoms. The lowest BCUT2D eigenvalue weighted by atomic mass is 10.0. The molecule has 0 radical (unpaired) electrons. The zero-order chi connectivity index (χ0) is 20.0. The molecular formula is C23H40O3S. The zero-order valence-corrected chi connectivity index (χ0v) is 18.5. The van der Waals surface area contributed by atoms with Gasteiger partial charge in [0.1, 0.15) is 0 Å². The Hall–Kier alpha value is -0.870. The normalized spacial score (nSPS) is 13.0. The van der Waals surface area contributed by atoms with E-state index in [0.717, 1.165) is 31.2 Å². The van der Waals surface area contributed by atoms with E-state index in [9.17, 15) is 8.42 Å². The van der Waals surface area contributed by atoms with E-state index in [2.05, 4.69) is 13.8 Å². The predicted molar refractivity (Wildman–Crippen MR) is 115 cm³/mol. The van der Waals surface area contributed by atoms with E-state index < -0.39 is 10.1 Å². The highest BCUT2D eigenvalue weighted by Gasteiger charge is 2.21. The summed E-state index contributed by atoms with van der Waals surface area (Å²) in [6.45, 7) is 6.28. The molecule has 0 spiro atoms. The van der Waals surface area contributed by atoms with Crippen molar-refractivity contribution in [1.82, 2.24) is 0 Å². The van der Waals surface area contributed by atoms with Gasteiger partial charge in [0.15, 0.2) is 0 Å². The quantitative estimate of drug-likeness (QED) is 0.219. The van der Waals surface area contributed by atoms with Crippen LogP contribution in [0, 0.1) is 6.92 Å². The van der Waals surface area contributed by atoms with Crippen LogP contribution in [-0.4, -0.2) is 14.5 Å². The van der Waals surface area contributed by atoms with Crippen LogP contribution in [0.4, 0.5) is 0 Å². The highest BCUT2D eigenvalue weighted by molar-refractivity contribution is 7.86. The molecule has 0 aliphatic carbocycles. The summed E-state index contributed by atoms with van der Waals surface area (Å²) in [5.74, 6) is 0. The Bertz CT molecular complexity index is 578. The molecule has 4 heteroatoms. The summed E-state index contributed by atoms with van der Waals surface area (Å²) >= 11 is 0. The highest BCUT2D eigenvalue weighted by atomic mass is 32.2. The molecule has 0 aliphatic rings. The Balaban J connectivity index is 2.28. The minimum Gasteiger partial charge on any atom is -0.263 e. The van der Waals surface area contributed by atoms with E-state index in [-0.39, 0.29) is 11.0 Å². The molecule has 0 aromatic heterocycles. The van der Waals surface area contributed by atoms with Crippen molar-refractivity contribution in [3.8, 4) is 0 Å². The molecule has 0 bridgehead atoms. The Kier molecular flexibility index (Phi) is 12.7. The van der Waals surface area contributed by atoms with Crippen molar-refractivity contribution in [3.63, 3.8) is 0 Å². The Morgan fingerprint density at radius 1 is 0.741 bits per heavy atom. The molecule has 156 valence electrons. The van der Waals surface area contributed by atoms with Gasteiger partial charge in [-0.25, -0.2) is 0 Å². The molecule has 1 unspecified atom stereocenters. The topological polar surface area (TPSA) is 43.4 Å². The maximum atomic E-state index is 12.5. The van der Waals surface area contributed by atoms with Gasteiger partial charge in [-0.05, 0) is 31.9 Å². The third-order valence-corrected chi connectivity index (χ3v) is 6.44. The third-order valence-electron chi connectivity index (χ3n) is 5.06. The van der Waals surface area contributed by atoms with Crippen molar-refractivity contribution in [3.05, 3.63) is 29.8 Å². The first-order chi connectivity index (χ1) is 13.0. The molecule has 1 aromatic carbocycles. The number of hydrogen-bond acceptors (Lipinski definition) is 3. The monoisotopic (exact) mass is 396 g/mol. The van der Waals surface area contributed by atoms with E-state index >= 15 is 0 Å². The van der Waals surface area contributed by atoms with Crippen LogP contribution in [0.5, 0.6) is 0 Å². The Morgan fingerprint density at radius 3 is 1.78 bits per heavy atom. The molecule has 1 rings (SSSR count). The summed E-state index contributed by atoms with van der Waals surface area (Å²) in [5.41, 5.74) is 1.05. The van der Waals surface area contributed by atoms with Crippen LogP contribution in [0.3, 0.4) is 0 Å². The molecule has 0 amide bonds. The van der Waals surface area contributed by atoms with Crippen LogP contribution in [0.2, 0.25) is 0 Å². The average molecular weight is 397 g/mol. The first-order valence-electron chi connectivity index (χ1n) is 11.0. The molecule has 0 aliphatic heterocycles. The van der Waals surface area contributed by atoms with Crippen LogP contribution in [0.25, 0.3) is 0 Å². The van der Waals surface area contributed by atoms with Crippen molar-refractivity contribution in [2.75, 3.05) is 0 Å². The minimum atomic E-state index is -3.66. The summed E-state index contributed by atoms with van der Waals surface area (Å²) < 4.78 is 30.5. The van der Waals surface area contributed by atoms with Gasteiger partial charge >= 0.3 is 0 Å². The van der Waals surface area contributed by atoms with Gasteiger partial charge < -0.3 is 0 Å². The zero-order valence-electron chi connectivity index (χ0n) is 17.7. The molecule has 1 atom stereocenters. The second-order valence-electron chi connectivity index (χ2n) is 7.74. The van der Waals surface area contributed by atoms with Crippen molar-refractivity contribution in [1.29, 1.82) is 0 Å². The largest absolute Gasteiger partial charge is 0.297 e. The molecule has 1 aromatic rings. The summed E-state index contributed by atoms with van der Waals surface area (Å²) in [4.78, 5) is 0.261. The second-order valence-corrected chi connectivity index (χ2v) is 9.32. The fourth-order valence-electron chi connectivity index (χ4n) is 3.36. The summed E-state index contributed by atoms with van der Waals surface area (Å²) in [5, 5.41) is 0. The third kappa shape index (κ3) is 10.9.